The number of amides is 4. The normalized spacial score (nSPS) is 14.4. The number of nitro benzene ring substituents is 2. The van der Waals surface area contributed by atoms with Crippen LogP contribution in [0.15, 0.2) is 53.5 Å². The summed E-state index contributed by atoms with van der Waals surface area (Å²) in [6.45, 7) is -0.346. The lowest BCUT2D eigenvalue weighted by molar-refractivity contribution is -0.385. The molecule has 44 heavy (non-hydrogen) atoms. The van der Waals surface area contributed by atoms with E-state index in [4.69, 9.17) is 20.3 Å². The van der Waals surface area contributed by atoms with E-state index in [9.17, 15) is 39.4 Å². The molecule has 0 saturated carbocycles. The number of non-ortho nitro benzene ring substituents is 2. The van der Waals surface area contributed by atoms with E-state index in [1.165, 1.54) is 53.4 Å². The van der Waals surface area contributed by atoms with Crippen molar-refractivity contribution in [1.29, 1.82) is 0 Å². The van der Waals surface area contributed by atoms with Gasteiger partial charge in [-0.3, -0.25) is 25.0 Å². The van der Waals surface area contributed by atoms with Crippen molar-refractivity contribution in [1.82, 2.24) is 15.1 Å². The Hall–Kier alpha value is -5.81. The van der Waals surface area contributed by atoms with Crippen LogP contribution in [0.3, 0.4) is 0 Å². The van der Waals surface area contributed by atoms with Crippen LogP contribution < -0.4 is 11.1 Å². The minimum absolute atomic E-state index is 0.0574. The van der Waals surface area contributed by atoms with Gasteiger partial charge in [0, 0.05) is 56.4 Å². The molecule has 18 nitrogen and oxygen atoms in total. The number of nitrogens with one attached hydrogen (secondary N) is 1. The molecule has 0 unspecified atom stereocenters. The number of ether oxygens (including phenoxy) is 2. The number of carbonyl (C=O) groups is 4. The molecule has 0 bridgehead atoms. The van der Waals surface area contributed by atoms with Gasteiger partial charge in [-0.05, 0) is 48.2 Å². The predicted molar refractivity (Wildman–Crippen MR) is 150 cm³/mol. The van der Waals surface area contributed by atoms with Crippen LogP contribution in [0.4, 0.5) is 25.8 Å². The van der Waals surface area contributed by atoms with Gasteiger partial charge in [-0.2, -0.15) is 0 Å². The molecule has 1 aliphatic rings. The summed E-state index contributed by atoms with van der Waals surface area (Å²) in [7, 11) is 0. The predicted octanol–water partition coefficient (Wildman–Crippen LogP) is 2.74. The molecular formula is C26H29N7O11. The Labute approximate surface area is 249 Å². The summed E-state index contributed by atoms with van der Waals surface area (Å²) in [6, 6.07) is 10.1. The Morgan fingerprint density at radius 1 is 0.977 bits per heavy atom. The molecule has 0 aliphatic carbocycles. The summed E-state index contributed by atoms with van der Waals surface area (Å²) in [5.74, 6) is -0.986. The third kappa shape index (κ3) is 9.93. The number of hydrogen-bond acceptors (Lipinski definition) is 10. The van der Waals surface area contributed by atoms with Crippen molar-refractivity contribution in [3.8, 4) is 0 Å². The van der Waals surface area contributed by atoms with Crippen LogP contribution in [0.1, 0.15) is 30.4 Å². The van der Waals surface area contributed by atoms with Crippen LogP contribution in [0.5, 0.6) is 0 Å². The van der Waals surface area contributed by atoms with E-state index in [-0.39, 0.29) is 62.5 Å². The van der Waals surface area contributed by atoms with Crippen molar-refractivity contribution in [2.24, 2.45) is 10.7 Å². The van der Waals surface area contributed by atoms with Crippen LogP contribution in [0, 0.1) is 20.2 Å². The summed E-state index contributed by atoms with van der Waals surface area (Å²) >= 11 is 0. The summed E-state index contributed by atoms with van der Waals surface area (Å²) < 4.78 is 10.3. The lowest BCUT2D eigenvalue weighted by atomic mass is 10.2. The van der Waals surface area contributed by atoms with Gasteiger partial charge in [-0.25, -0.2) is 19.3 Å². The zero-order chi connectivity index (χ0) is 32.2. The van der Waals surface area contributed by atoms with E-state index in [0.29, 0.717) is 24.1 Å². The molecule has 234 valence electrons. The number of nitro groups is 2. The van der Waals surface area contributed by atoms with Gasteiger partial charge in [0.2, 0.25) is 11.9 Å². The zero-order valence-electron chi connectivity index (χ0n) is 23.2. The van der Waals surface area contributed by atoms with Crippen LogP contribution in [-0.2, 0) is 27.5 Å². The lowest BCUT2D eigenvalue weighted by Crippen LogP contribution is -2.44. The Kier molecular flexibility index (Phi) is 11.5. The molecule has 1 fully saturated rings. The summed E-state index contributed by atoms with van der Waals surface area (Å²) in [5.41, 5.74) is 6.47. The number of nitrogens with zero attached hydrogens (tertiary/aromatic N) is 5. The van der Waals surface area contributed by atoms with Crippen molar-refractivity contribution in [3.63, 3.8) is 0 Å². The van der Waals surface area contributed by atoms with Gasteiger partial charge in [0.1, 0.15) is 13.2 Å². The first-order valence-electron chi connectivity index (χ1n) is 13.1. The topological polar surface area (TPSA) is 250 Å². The van der Waals surface area contributed by atoms with E-state index in [1.807, 2.05) is 0 Å². The molecule has 0 aromatic heterocycles. The number of nitrogens with two attached hydrogens (primary N) is 1. The molecule has 4 amide bonds. The fraction of sp³-hybridized carbons (Fsp3) is 0.346. The number of guanidine groups is 1. The maximum Gasteiger partial charge on any atom is 0.437 e. The number of carbonyl (C=O) groups excluding carboxylic acids is 3. The molecule has 0 spiro atoms. The molecule has 1 heterocycles. The van der Waals surface area contributed by atoms with Crippen LogP contribution in [0.2, 0.25) is 0 Å². The molecule has 1 saturated heterocycles. The van der Waals surface area contributed by atoms with Gasteiger partial charge >= 0.3 is 18.3 Å². The average Bonchev–Trinajstić information content (AvgIpc) is 3.46. The maximum atomic E-state index is 12.9. The monoisotopic (exact) mass is 615 g/mol. The molecular weight excluding hydrogens is 586 g/mol. The second-order valence-electron chi connectivity index (χ2n) is 9.46. The van der Waals surface area contributed by atoms with Crippen molar-refractivity contribution in [3.05, 3.63) is 79.9 Å². The van der Waals surface area contributed by atoms with Gasteiger partial charge < -0.3 is 30.5 Å². The van der Waals surface area contributed by atoms with E-state index in [0.717, 1.165) is 4.90 Å². The molecule has 2 aromatic carbocycles. The third-order valence-corrected chi connectivity index (χ3v) is 6.33. The lowest BCUT2D eigenvalue weighted by Gasteiger charge is -2.21. The van der Waals surface area contributed by atoms with Gasteiger partial charge in [-0.15, -0.1) is 4.99 Å². The van der Waals surface area contributed by atoms with E-state index in [2.05, 4.69) is 10.3 Å². The van der Waals surface area contributed by atoms with Gasteiger partial charge in [0.05, 0.1) is 9.85 Å². The molecule has 0 radical (unpaired) electrons. The minimum atomic E-state index is -1.17. The fourth-order valence-corrected chi connectivity index (χ4v) is 4.03. The molecule has 1 aliphatic heterocycles. The number of hydrogen-bond donors (Lipinski definition) is 3. The zero-order valence-corrected chi connectivity index (χ0v) is 23.2. The first kappa shape index (κ1) is 32.7. The van der Waals surface area contributed by atoms with Crippen LogP contribution >= 0.6 is 0 Å². The first-order valence-corrected chi connectivity index (χ1v) is 13.1. The highest BCUT2D eigenvalue weighted by atomic mass is 16.6. The van der Waals surface area contributed by atoms with Gasteiger partial charge in [0.25, 0.3) is 11.4 Å². The highest BCUT2D eigenvalue weighted by Crippen LogP contribution is 2.15. The largest absolute Gasteiger partial charge is 0.465 e. The number of aliphatic imine (C=N–C) groups is 1. The molecule has 3 rings (SSSR count). The van der Waals surface area contributed by atoms with Crippen LogP contribution in [0.25, 0.3) is 0 Å². The molecule has 2 aromatic rings. The summed E-state index contributed by atoms with van der Waals surface area (Å²) in [6.07, 6.45) is -2.83. The standard InChI is InChI=1S/C26H29N7O11/c27-23(29-24(35)43-15-17-3-7-20(8-4-17)32(39)40)31(26(38)44-16-18-5-9-21(10-6-18)33(41)42)12-1-2-22(34)28-19-11-13-30(14-19)25(36)37/h3-10,19H,1-2,11-16H2,(H,28,34)(H,36,37)(H2,27,29,35)/t19-/m0/s1. The van der Waals surface area contributed by atoms with Crippen molar-refractivity contribution in [2.45, 2.75) is 38.5 Å². The van der Waals surface area contributed by atoms with Crippen molar-refractivity contribution in [2.75, 3.05) is 19.6 Å². The molecule has 18 heteroatoms. The van der Waals surface area contributed by atoms with Gasteiger partial charge in [-0.1, -0.05) is 0 Å². The number of rotatable bonds is 11. The third-order valence-electron chi connectivity index (χ3n) is 6.33. The van der Waals surface area contributed by atoms with Crippen molar-refractivity contribution < 1.29 is 43.6 Å². The minimum Gasteiger partial charge on any atom is -0.465 e. The highest BCUT2D eigenvalue weighted by molar-refractivity contribution is 5.98. The quantitative estimate of drug-likeness (QED) is 0.143. The number of carboxylic acid groups (broad SMARTS) is 1. The molecule has 1 atom stereocenters. The molecule has 4 N–H and O–H groups in total. The highest BCUT2D eigenvalue weighted by Gasteiger charge is 2.27. The summed E-state index contributed by atoms with van der Waals surface area (Å²) in [5, 5.41) is 33.4. The summed E-state index contributed by atoms with van der Waals surface area (Å²) in [4.78, 5) is 74.7. The SMILES string of the molecule is NC(=NC(=O)OCc1ccc([N+](=O)[O-])cc1)N(CCCC(=O)N[C@H]1CCN(C(=O)O)C1)C(=O)OCc1ccc([N+](=O)[O-])cc1. The number of likely N-dealkylation sites (tertiary alicyclic amines) is 1. The Balaban J connectivity index is 1.60. The van der Waals surface area contributed by atoms with E-state index >= 15 is 0 Å². The Morgan fingerprint density at radius 2 is 1.52 bits per heavy atom. The van der Waals surface area contributed by atoms with Gasteiger partial charge in [0.15, 0.2) is 0 Å². The number of benzene rings is 2. The second-order valence-corrected chi connectivity index (χ2v) is 9.46. The second kappa shape index (κ2) is 15.4. The maximum absolute atomic E-state index is 12.9. The van der Waals surface area contributed by atoms with Crippen LogP contribution in [-0.4, -0.2) is 80.6 Å². The van der Waals surface area contributed by atoms with E-state index < -0.39 is 34.1 Å². The fourth-order valence-electron chi connectivity index (χ4n) is 4.03. The first-order chi connectivity index (χ1) is 20.9. The Morgan fingerprint density at radius 3 is 2.02 bits per heavy atom. The smallest absolute Gasteiger partial charge is 0.437 e. The van der Waals surface area contributed by atoms with Crippen molar-refractivity contribution >= 4 is 41.5 Å². The van der Waals surface area contributed by atoms with E-state index in [1.54, 1.807) is 0 Å². The average molecular weight is 616 g/mol. The Bertz CT molecular complexity index is 1410.